The summed E-state index contributed by atoms with van der Waals surface area (Å²) in [5, 5.41) is 0. The second-order valence-corrected chi connectivity index (χ2v) is 11.5. The number of hydrogen-bond donors (Lipinski definition) is 0. The quantitative estimate of drug-likeness (QED) is 0.695. The second kappa shape index (κ2) is 8.61. The number of carbonyl (C=O) groups excluding carboxylic acids is 1. The lowest BCUT2D eigenvalue weighted by molar-refractivity contribution is -0.142. The van der Waals surface area contributed by atoms with E-state index in [0.717, 1.165) is 9.75 Å². The fourth-order valence-corrected chi connectivity index (χ4v) is 7.51. The summed E-state index contributed by atoms with van der Waals surface area (Å²) < 4.78 is 47.1. The third kappa shape index (κ3) is 4.16. The third-order valence-corrected chi connectivity index (χ3v) is 9.39. The van der Waals surface area contributed by atoms with Gasteiger partial charge in [0.1, 0.15) is 5.82 Å². The maximum atomic E-state index is 13.9. The predicted molar refractivity (Wildman–Crippen MR) is 117 cm³/mol. The monoisotopic (exact) mass is 466 g/mol. The lowest BCUT2D eigenvalue weighted by Crippen LogP contribution is -2.56. The Bertz CT molecular complexity index is 1070. The van der Waals surface area contributed by atoms with Crippen LogP contribution in [-0.4, -0.2) is 62.9 Å². The number of halogens is 1. The summed E-state index contributed by atoms with van der Waals surface area (Å²) in [5.74, 6) is -0.436. The highest BCUT2D eigenvalue weighted by atomic mass is 32.2. The third-order valence-electron chi connectivity index (χ3n) is 6.27. The molecule has 0 radical (unpaired) electrons. The zero-order valence-corrected chi connectivity index (χ0v) is 19.4. The average Bonchev–Trinajstić information content (AvgIpc) is 3.12. The van der Waals surface area contributed by atoms with Gasteiger partial charge in [0.25, 0.3) is 0 Å². The highest BCUT2D eigenvalue weighted by Gasteiger charge is 2.45. The molecule has 0 spiro atoms. The first kappa shape index (κ1) is 22.4. The molecule has 1 aromatic carbocycles. The smallest absolute Gasteiger partial charge is 0.244 e. The van der Waals surface area contributed by atoms with Crippen LogP contribution in [-0.2, 0) is 25.0 Å². The van der Waals surface area contributed by atoms with Crippen LogP contribution in [0.15, 0.2) is 35.2 Å². The summed E-state index contributed by atoms with van der Waals surface area (Å²) in [5.41, 5.74) is -0.164. The van der Waals surface area contributed by atoms with Crippen molar-refractivity contribution in [1.82, 2.24) is 9.21 Å². The number of piperazine rings is 1. The molecule has 168 valence electrons. The van der Waals surface area contributed by atoms with E-state index in [0.29, 0.717) is 49.6 Å². The maximum absolute atomic E-state index is 13.9. The number of benzene rings is 1. The lowest BCUT2D eigenvalue weighted by atomic mass is 9.73. The molecule has 2 saturated heterocycles. The summed E-state index contributed by atoms with van der Waals surface area (Å²) >= 11 is 1.47. The standard InChI is InChI=1S/C22H27FN2O4S2/c1-16-14-20(17(2)30-16)31(27,28)25-10-8-24(9-11-25)21(26)22(6-12-29-13-7-22)18-4-3-5-19(23)15-18/h3-5,14-15H,6-13H2,1-2H3. The molecule has 3 heterocycles. The second-order valence-electron chi connectivity index (χ2n) is 8.18. The Morgan fingerprint density at radius 3 is 2.35 bits per heavy atom. The molecule has 6 nitrogen and oxygen atoms in total. The zero-order valence-electron chi connectivity index (χ0n) is 17.8. The van der Waals surface area contributed by atoms with Crippen LogP contribution in [0.25, 0.3) is 0 Å². The van der Waals surface area contributed by atoms with Crippen molar-refractivity contribution in [2.75, 3.05) is 39.4 Å². The highest BCUT2D eigenvalue weighted by molar-refractivity contribution is 7.89. The molecule has 0 aliphatic carbocycles. The van der Waals surface area contributed by atoms with Crippen molar-refractivity contribution in [2.24, 2.45) is 0 Å². The van der Waals surface area contributed by atoms with Gasteiger partial charge in [-0.25, -0.2) is 12.8 Å². The van der Waals surface area contributed by atoms with E-state index in [1.807, 2.05) is 13.8 Å². The van der Waals surface area contributed by atoms with Crippen LogP contribution in [0.3, 0.4) is 0 Å². The van der Waals surface area contributed by atoms with E-state index in [9.17, 15) is 17.6 Å². The Morgan fingerprint density at radius 1 is 1.10 bits per heavy atom. The molecular formula is C22H27FN2O4S2. The van der Waals surface area contributed by atoms with Crippen molar-refractivity contribution in [3.05, 3.63) is 51.5 Å². The van der Waals surface area contributed by atoms with Crippen LogP contribution < -0.4 is 0 Å². The Kier molecular flexibility index (Phi) is 6.22. The Hall–Kier alpha value is -1.81. The minimum absolute atomic E-state index is 0.0685. The number of rotatable bonds is 4. The number of carbonyl (C=O) groups is 1. The molecule has 2 fully saturated rings. The van der Waals surface area contributed by atoms with E-state index >= 15 is 0 Å². The molecule has 0 unspecified atom stereocenters. The molecule has 1 amide bonds. The first-order valence-corrected chi connectivity index (χ1v) is 12.7. The first-order valence-electron chi connectivity index (χ1n) is 10.4. The molecule has 4 rings (SSSR count). The number of aryl methyl sites for hydroxylation is 2. The number of ether oxygens (including phenoxy) is 1. The largest absolute Gasteiger partial charge is 0.381 e. The van der Waals surface area contributed by atoms with Gasteiger partial charge in [-0.05, 0) is 50.5 Å². The molecule has 0 atom stereocenters. The summed E-state index contributed by atoms with van der Waals surface area (Å²) in [7, 11) is -3.58. The van der Waals surface area contributed by atoms with Gasteiger partial charge in [-0.3, -0.25) is 4.79 Å². The number of hydrogen-bond acceptors (Lipinski definition) is 5. The SMILES string of the molecule is Cc1cc(S(=O)(=O)N2CCN(C(=O)C3(c4cccc(F)c4)CCOCC3)CC2)c(C)s1. The van der Waals surface area contributed by atoms with Crippen LogP contribution in [0.5, 0.6) is 0 Å². The number of thiophene rings is 1. The van der Waals surface area contributed by atoms with Gasteiger partial charge in [0, 0.05) is 49.1 Å². The summed E-state index contributed by atoms with van der Waals surface area (Å²) in [6.45, 7) is 5.72. The van der Waals surface area contributed by atoms with E-state index in [-0.39, 0.29) is 24.8 Å². The topological polar surface area (TPSA) is 66.9 Å². The van der Waals surface area contributed by atoms with Crippen molar-refractivity contribution in [3.8, 4) is 0 Å². The predicted octanol–water partition coefficient (Wildman–Crippen LogP) is 3.09. The molecule has 2 aromatic rings. The minimum Gasteiger partial charge on any atom is -0.381 e. The summed E-state index contributed by atoms with van der Waals surface area (Å²) in [6.07, 6.45) is 0.975. The maximum Gasteiger partial charge on any atom is 0.244 e. The van der Waals surface area contributed by atoms with Crippen molar-refractivity contribution in [1.29, 1.82) is 0 Å². The van der Waals surface area contributed by atoms with Gasteiger partial charge in [0.05, 0.1) is 10.3 Å². The molecule has 31 heavy (non-hydrogen) atoms. The number of sulfonamides is 1. The molecular weight excluding hydrogens is 439 g/mol. The van der Waals surface area contributed by atoms with E-state index < -0.39 is 15.4 Å². The molecule has 2 aliphatic heterocycles. The van der Waals surface area contributed by atoms with Gasteiger partial charge in [-0.1, -0.05) is 12.1 Å². The van der Waals surface area contributed by atoms with Crippen LogP contribution in [0.4, 0.5) is 4.39 Å². The molecule has 1 aromatic heterocycles. The van der Waals surface area contributed by atoms with E-state index in [4.69, 9.17) is 4.74 Å². The molecule has 0 saturated carbocycles. The highest BCUT2D eigenvalue weighted by Crippen LogP contribution is 2.38. The van der Waals surface area contributed by atoms with Gasteiger partial charge in [-0.15, -0.1) is 11.3 Å². The van der Waals surface area contributed by atoms with E-state index in [1.165, 1.54) is 27.8 Å². The van der Waals surface area contributed by atoms with E-state index in [2.05, 4.69) is 0 Å². The van der Waals surface area contributed by atoms with Gasteiger partial charge >= 0.3 is 0 Å². The lowest BCUT2D eigenvalue weighted by Gasteiger charge is -2.42. The fraction of sp³-hybridized carbons (Fsp3) is 0.500. The van der Waals surface area contributed by atoms with Crippen molar-refractivity contribution in [3.63, 3.8) is 0 Å². The van der Waals surface area contributed by atoms with Crippen LogP contribution in [0.1, 0.15) is 28.2 Å². The van der Waals surface area contributed by atoms with Crippen molar-refractivity contribution in [2.45, 2.75) is 37.0 Å². The van der Waals surface area contributed by atoms with Crippen molar-refractivity contribution < 1.29 is 22.3 Å². The average molecular weight is 467 g/mol. The fourth-order valence-electron chi connectivity index (χ4n) is 4.57. The van der Waals surface area contributed by atoms with Crippen molar-refractivity contribution >= 4 is 27.3 Å². The van der Waals surface area contributed by atoms with E-state index in [1.54, 1.807) is 23.1 Å². The molecule has 2 aliphatic rings. The Balaban J connectivity index is 1.53. The summed E-state index contributed by atoms with van der Waals surface area (Å²) in [4.78, 5) is 17.5. The molecule has 0 N–H and O–H groups in total. The Labute approximate surface area is 186 Å². The van der Waals surface area contributed by atoms with Crippen LogP contribution in [0, 0.1) is 19.7 Å². The van der Waals surface area contributed by atoms with Crippen LogP contribution in [0.2, 0.25) is 0 Å². The van der Waals surface area contributed by atoms with Gasteiger partial charge in [0.15, 0.2) is 0 Å². The number of nitrogens with zero attached hydrogens (tertiary/aromatic N) is 2. The van der Waals surface area contributed by atoms with Gasteiger partial charge in [0.2, 0.25) is 15.9 Å². The van der Waals surface area contributed by atoms with Crippen LogP contribution >= 0.6 is 11.3 Å². The molecule has 0 bridgehead atoms. The normalized spacial score (nSPS) is 20.0. The number of amides is 1. The van der Waals surface area contributed by atoms with Gasteiger partial charge in [-0.2, -0.15) is 4.31 Å². The molecule has 9 heteroatoms. The first-order chi connectivity index (χ1) is 14.7. The zero-order chi connectivity index (χ0) is 22.2. The van der Waals surface area contributed by atoms with Gasteiger partial charge < -0.3 is 9.64 Å². The summed E-state index contributed by atoms with van der Waals surface area (Å²) in [6, 6.07) is 7.96. The minimum atomic E-state index is -3.58. The Morgan fingerprint density at radius 2 is 1.77 bits per heavy atom.